The zero-order valence-electron chi connectivity index (χ0n) is 14.6. The number of carboxylic acids is 1. The number of para-hydroxylation sites is 2. The molecule has 1 saturated heterocycles. The lowest BCUT2D eigenvalue weighted by Gasteiger charge is -2.33. The van der Waals surface area contributed by atoms with Crippen LogP contribution in [0.1, 0.15) is 26.2 Å². The molecule has 2 aliphatic heterocycles. The van der Waals surface area contributed by atoms with E-state index >= 15 is 0 Å². The topological polar surface area (TPSA) is 105 Å². The second-order valence-corrected chi connectivity index (χ2v) is 6.67. The van der Waals surface area contributed by atoms with Crippen LogP contribution in [0.15, 0.2) is 24.3 Å². The third-order valence-corrected chi connectivity index (χ3v) is 4.63. The molecular formula is C18H22N2O6. The third kappa shape index (κ3) is 3.80. The maximum atomic E-state index is 12.4. The highest BCUT2D eigenvalue weighted by Crippen LogP contribution is 2.33. The molecule has 1 aromatic rings. The predicted octanol–water partition coefficient (Wildman–Crippen LogP) is 0.941. The lowest BCUT2D eigenvalue weighted by molar-refractivity contribution is -0.139. The Kier molecular flexibility index (Phi) is 5.13. The molecule has 3 rings (SSSR count). The van der Waals surface area contributed by atoms with Crippen LogP contribution in [0, 0.1) is 0 Å². The van der Waals surface area contributed by atoms with Gasteiger partial charge in [0.2, 0.25) is 5.91 Å². The Labute approximate surface area is 151 Å². The molecule has 140 valence electrons. The SMILES string of the molecule is CC1Oc2ccccc2N(CCC(=O)NC2(CC(=O)O)CCOC2)C1=O. The van der Waals surface area contributed by atoms with E-state index < -0.39 is 17.6 Å². The monoisotopic (exact) mass is 362 g/mol. The summed E-state index contributed by atoms with van der Waals surface area (Å²) in [6.45, 7) is 2.46. The first-order valence-corrected chi connectivity index (χ1v) is 8.58. The lowest BCUT2D eigenvalue weighted by Crippen LogP contribution is -2.52. The number of benzene rings is 1. The van der Waals surface area contributed by atoms with Gasteiger partial charge in [-0.2, -0.15) is 0 Å². The second kappa shape index (κ2) is 7.33. The van der Waals surface area contributed by atoms with Gasteiger partial charge < -0.3 is 24.8 Å². The number of aliphatic carboxylic acids is 1. The van der Waals surface area contributed by atoms with Gasteiger partial charge in [0.05, 0.1) is 24.3 Å². The average Bonchev–Trinajstić information content (AvgIpc) is 3.02. The van der Waals surface area contributed by atoms with Crippen LogP contribution in [0.4, 0.5) is 5.69 Å². The van der Waals surface area contributed by atoms with Gasteiger partial charge in [0.25, 0.3) is 5.91 Å². The number of hydrogen-bond donors (Lipinski definition) is 2. The molecule has 2 N–H and O–H groups in total. The summed E-state index contributed by atoms with van der Waals surface area (Å²) >= 11 is 0. The Morgan fingerprint density at radius 2 is 2.15 bits per heavy atom. The first-order chi connectivity index (χ1) is 12.4. The minimum Gasteiger partial charge on any atom is -0.481 e. The summed E-state index contributed by atoms with van der Waals surface area (Å²) in [4.78, 5) is 37.5. The largest absolute Gasteiger partial charge is 0.481 e. The number of nitrogens with one attached hydrogen (secondary N) is 1. The van der Waals surface area contributed by atoms with Crippen LogP contribution in [-0.2, 0) is 19.1 Å². The molecule has 8 heteroatoms. The number of rotatable bonds is 6. The number of anilines is 1. The number of fused-ring (bicyclic) bond motifs is 1. The van der Waals surface area contributed by atoms with Crippen molar-refractivity contribution < 1.29 is 29.0 Å². The molecule has 0 saturated carbocycles. The van der Waals surface area contributed by atoms with Crippen molar-refractivity contribution in [3.8, 4) is 5.75 Å². The molecule has 0 aliphatic carbocycles. The van der Waals surface area contributed by atoms with Gasteiger partial charge in [-0.1, -0.05) is 12.1 Å². The molecule has 0 aromatic heterocycles. The van der Waals surface area contributed by atoms with Crippen LogP contribution in [0.5, 0.6) is 5.75 Å². The van der Waals surface area contributed by atoms with E-state index in [9.17, 15) is 14.4 Å². The average molecular weight is 362 g/mol. The van der Waals surface area contributed by atoms with Crippen molar-refractivity contribution in [2.24, 2.45) is 0 Å². The number of carbonyl (C=O) groups excluding carboxylic acids is 2. The van der Waals surface area contributed by atoms with Gasteiger partial charge in [0.1, 0.15) is 5.75 Å². The van der Waals surface area contributed by atoms with Crippen molar-refractivity contribution in [1.29, 1.82) is 0 Å². The second-order valence-electron chi connectivity index (χ2n) is 6.67. The fourth-order valence-electron chi connectivity index (χ4n) is 3.34. The fraction of sp³-hybridized carbons (Fsp3) is 0.500. The maximum Gasteiger partial charge on any atom is 0.305 e. The highest BCUT2D eigenvalue weighted by Gasteiger charge is 2.39. The van der Waals surface area contributed by atoms with E-state index in [0.29, 0.717) is 24.5 Å². The van der Waals surface area contributed by atoms with Crippen molar-refractivity contribution in [2.45, 2.75) is 37.8 Å². The smallest absolute Gasteiger partial charge is 0.305 e. The summed E-state index contributed by atoms with van der Waals surface area (Å²) in [7, 11) is 0. The fourth-order valence-corrected chi connectivity index (χ4v) is 3.34. The van der Waals surface area contributed by atoms with E-state index in [0.717, 1.165) is 0 Å². The van der Waals surface area contributed by atoms with E-state index in [2.05, 4.69) is 5.32 Å². The molecule has 2 amide bonds. The lowest BCUT2D eigenvalue weighted by atomic mass is 9.94. The van der Waals surface area contributed by atoms with Gasteiger partial charge in [-0.25, -0.2) is 0 Å². The van der Waals surface area contributed by atoms with Crippen LogP contribution in [0.2, 0.25) is 0 Å². The molecule has 1 fully saturated rings. The van der Waals surface area contributed by atoms with Gasteiger partial charge in [0.15, 0.2) is 6.10 Å². The summed E-state index contributed by atoms with van der Waals surface area (Å²) in [6.07, 6.45) is -0.278. The highest BCUT2D eigenvalue weighted by atomic mass is 16.5. The van der Waals surface area contributed by atoms with Gasteiger partial charge >= 0.3 is 5.97 Å². The van der Waals surface area contributed by atoms with Crippen LogP contribution < -0.4 is 15.0 Å². The molecule has 1 aromatic carbocycles. The Morgan fingerprint density at radius 3 is 2.85 bits per heavy atom. The Bertz CT molecular complexity index is 713. The normalized spacial score (nSPS) is 24.7. The van der Waals surface area contributed by atoms with E-state index in [1.807, 2.05) is 6.07 Å². The maximum absolute atomic E-state index is 12.4. The predicted molar refractivity (Wildman–Crippen MR) is 92.1 cm³/mol. The number of hydrogen-bond acceptors (Lipinski definition) is 5. The van der Waals surface area contributed by atoms with Crippen molar-refractivity contribution in [3.05, 3.63) is 24.3 Å². The van der Waals surface area contributed by atoms with Crippen LogP contribution in [0.3, 0.4) is 0 Å². The Morgan fingerprint density at radius 1 is 1.38 bits per heavy atom. The molecule has 8 nitrogen and oxygen atoms in total. The van der Waals surface area contributed by atoms with E-state index in [4.69, 9.17) is 14.6 Å². The number of ether oxygens (including phenoxy) is 2. The standard InChI is InChI=1S/C18H22N2O6/c1-12-17(24)20(13-4-2-3-5-14(13)26-12)8-6-15(21)19-18(10-16(22)23)7-9-25-11-18/h2-5,12H,6-11H2,1H3,(H,19,21)(H,22,23). The Balaban J connectivity index is 1.65. The van der Waals surface area contributed by atoms with Crippen LogP contribution in [0.25, 0.3) is 0 Å². The van der Waals surface area contributed by atoms with E-state index in [-0.39, 0.29) is 37.8 Å². The first-order valence-electron chi connectivity index (χ1n) is 8.58. The van der Waals surface area contributed by atoms with Crippen LogP contribution in [-0.4, -0.2) is 54.3 Å². The molecule has 26 heavy (non-hydrogen) atoms. The van der Waals surface area contributed by atoms with E-state index in [1.165, 1.54) is 4.90 Å². The Hall–Kier alpha value is -2.61. The summed E-state index contributed by atoms with van der Waals surface area (Å²) in [5.41, 5.74) is -0.240. The van der Waals surface area contributed by atoms with Gasteiger partial charge in [-0.15, -0.1) is 0 Å². The molecule has 2 aliphatic rings. The first kappa shape index (κ1) is 18.2. The molecule has 2 atom stereocenters. The zero-order chi connectivity index (χ0) is 18.7. The molecule has 0 radical (unpaired) electrons. The number of carboxylic acid groups (broad SMARTS) is 1. The van der Waals surface area contributed by atoms with E-state index in [1.54, 1.807) is 25.1 Å². The summed E-state index contributed by atoms with van der Waals surface area (Å²) in [6, 6.07) is 7.18. The van der Waals surface area contributed by atoms with Crippen molar-refractivity contribution >= 4 is 23.5 Å². The molecular weight excluding hydrogens is 340 g/mol. The van der Waals surface area contributed by atoms with Crippen LogP contribution >= 0.6 is 0 Å². The zero-order valence-corrected chi connectivity index (χ0v) is 14.6. The summed E-state index contributed by atoms with van der Waals surface area (Å²) < 4.78 is 10.9. The number of nitrogens with zero attached hydrogens (tertiary/aromatic N) is 1. The van der Waals surface area contributed by atoms with Crippen molar-refractivity contribution in [2.75, 3.05) is 24.7 Å². The minimum absolute atomic E-state index is 0.0637. The molecule has 0 spiro atoms. The van der Waals surface area contributed by atoms with Gasteiger partial charge in [0, 0.05) is 19.6 Å². The van der Waals surface area contributed by atoms with Crippen molar-refractivity contribution in [1.82, 2.24) is 5.32 Å². The number of amides is 2. The highest BCUT2D eigenvalue weighted by molar-refractivity contribution is 6.00. The minimum atomic E-state index is -0.984. The summed E-state index contributed by atoms with van der Waals surface area (Å²) in [5, 5.41) is 11.9. The molecule has 2 heterocycles. The molecule has 0 bridgehead atoms. The quantitative estimate of drug-likeness (QED) is 0.780. The van der Waals surface area contributed by atoms with Crippen molar-refractivity contribution in [3.63, 3.8) is 0 Å². The summed E-state index contributed by atoms with van der Waals surface area (Å²) in [5.74, 6) is -0.893. The third-order valence-electron chi connectivity index (χ3n) is 4.63. The molecule has 2 unspecified atom stereocenters. The number of carbonyl (C=O) groups is 3. The van der Waals surface area contributed by atoms with Gasteiger partial charge in [-0.05, 0) is 25.5 Å². The van der Waals surface area contributed by atoms with Gasteiger partial charge in [-0.3, -0.25) is 14.4 Å².